The average Bonchev–Trinajstić information content (AvgIpc) is 2.84. The third-order valence-corrected chi connectivity index (χ3v) is 2.08. The van der Waals surface area contributed by atoms with E-state index in [0.717, 1.165) is 5.56 Å². The highest BCUT2D eigenvalue weighted by Gasteiger charge is 1.97. The van der Waals surface area contributed by atoms with E-state index < -0.39 is 0 Å². The maximum Gasteiger partial charge on any atom is 0.149 e. The van der Waals surface area contributed by atoms with Crippen LogP contribution in [0.5, 0.6) is 0 Å². The van der Waals surface area contributed by atoms with E-state index in [-0.39, 0.29) is 0 Å². The zero-order valence-corrected chi connectivity index (χ0v) is 9.04. The lowest BCUT2D eigenvalue weighted by molar-refractivity contribution is 0.132. The SMILES string of the molecule is N#Cc1coc(/C=N/OCc2ccccc2)c1. The number of oxime groups is 1. The molecule has 2 aromatic rings. The molecule has 0 spiro atoms. The van der Waals surface area contributed by atoms with Crippen LogP contribution in [-0.2, 0) is 11.4 Å². The van der Waals surface area contributed by atoms with E-state index in [9.17, 15) is 0 Å². The second kappa shape index (κ2) is 5.52. The van der Waals surface area contributed by atoms with Crippen LogP contribution in [0.15, 0.2) is 52.2 Å². The number of hydrogen-bond donors (Lipinski definition) is 0. The summed E-state index contributed by atoms with van der Waals surface area (Å²) in [5.74, 6) is 0.495. The Labute approximate surface area is 98.7 Å². The van der Waals surface area contributed by atoms with Crippen LogP contribution >= 0.6 is 0 Å². The highest BCUT2D eigenvalue weighted by atomic mass is 16.6. The summed E-state index contributed by atoms with van der Waals surface area (Å²) in [6.45, 7) is 0.406. The van der Waals surface area contributed by atoms with Crippen molar-refractivity contribution >= 4 is 6.21 Å². The molecule has 2 rings (SSSR count). The molecule has 0 radical (unpaired) electrons. The summed E-state index contributed by atoms with van der Waals surface area (Å²) in [7, 11) is 0. The average molecular weight is 226 g/mol. The number of furan rings is 1. The van der Waals surface area contributed by atoms with Crippen LogP contribution in [0.1, 0.15) is 16.9 Å². The molecule has 17 heavy (non-hydrogen) atoms. The van der Waals surface area contributed by atoms with Gasteiger partial charge in [-0.05, 0) is 5.56 Å². The first-order valence-electron chi connectivity index (χ1n) is 5.06. The zero-order valence-electron chi connectivity index (χ0n) is 9.04. The van der Waals surface area contributed by atoms with E-state index in [1.54, 1.807) is 6.07 Å². The normalized spacial score (nSPS) is 10.3. The molecule has 4 heteroatoms. The van der Waals surface area contributed by atoms with Crippen molar-refractivity contribution in [3.63, 3.8) is 0 Å². The lowest BCUT2D eigenvalue weighted by Crippen LogP contribution is -1.86. The minimum absolute atomic E-state index is 0.406. The number of nitriles is 1. The molecular formula is C13H10N2O2. The Morgan fingerprint density at radius 3 is 2.88 bits per heavy atom. The zero-order chi connectivity index (χ0) is 11.9. The quantitative estimate of drug-likeness (QED) is 0.594. The van der Waals surface area contributed by atoms with E-state index in [2.05, 4.69) is 5.16 Å². The maximum absolute atomic E-state index is 8.59. The molecule has 0 N–H and O–H groups in total. The van der Waals surface area contributed by atoms with Crippen LogP contribution in [-0.4, -0.2) is 6.21 Å². The molecule has 0 aliphatic rings. The first kappa shape index (κ1) is 11.0. The largest absolute Gasteiger partial charge is 0.462 e. The van der Waals surface area contributed by atoms with E-state index in [1.807, 2.05) is 36.4 Å². The molecule has 1 aromatic carbocycles. The summed E-state index contributed by atoms with van der Waals surface area (Å²) in [4.78, 5) is 5.09. The fourth-order valence-electron chi connectivity index (χ4n) is 1.25. The highest BCUT2D eigenvalue weighted by Crippen LogP contribution is 2.04. The van der Waals surface area contributed by atoms with Gasteiger partial charge in [0.2, 0.25) is 0 Å². The summed E-state index contributed by atoms with van der Waals surface area (Å²) in [5.41, 5.74) is 1.51. The van der Waals surface area contributed by atoms with E-state index in [4.69, 9.17) is 14.5 Å². The Bertz CT molecular complexity index is 538. The molecule has 0 amide bonds. The third-order valence-electron chi connectivity index (χ3n) is 2.08. The van der Waals surface area contributed by atoms with E-state index >= 15 is 0 Å². The maximum atomic E-state index is 8.59. The molecule has 84 valence electrons. The van der Waals surface area contributed by atoms with Gasteiger partial charge >= 0.3 is 0 Å². The Morgan fingerprint density at radius 2 is 2.18 bits per heavy atom. The molecule has 0 aliphatic heterocycles. The van der Waals surface area contributed by atoms with Crippen molar-refractivity contribution in [3.05, 3.63) is 59.5 Å². The van der Waals surface area contributed by atoms with Gasteiger partial charge < -0.3 is 9.25 Å². The standard InChI is InChI=1S/C13H10N2O2/c14-7-12-6-13(16-9-12)8-15-17-10-11-4-2-1-3-5-11/h1-6,8-9H,10H2/b15-8+. The predicted octanol–water partition coefficient (Wildman–Crippen LogP) is 2.70. The number of nitrogens with zero attached hydrogens (tertiary/aromatic N) is 2. The van der Waals surface area contributed by atoms with Crippen molar-refractivity contribution in [2.24, 2.45) is 5.16 Å². The van der Waals surface area contributed by atoms with Crippen molar-refractivity contribution in [3.8, 4) is 6.07 Å². The molecule has 0 saturated carbocycles. The molecule has 0 unspecified atom stereocenters. The van der Waals surface area contributed by atoms with E-state index in [1.165, 1.54) is 12.5 Å². The lowest BCUT2D eigenvalue weighted by atomic mass is 10.2. The van der Waals surface area contributed by atoms with Crippen LogP contribution in [0.4, 0.5) is 0 Å². The first-order valence-corrected chi connectivity index (χ1v) is 5.06. The van der Waals surface area contributed by atoms with Gasteiger partial charge in [-0.15, -0.1) is 0 Å². The van der Waals surface area contributed by atoms with Gasteiger partial charge in [-0.1, -0.05) is 35.5 Å². The number of hydrogen-bond acceptors (Lipinski definition) is 4. The van der Waals surface area contributed by atoms with Gasteiger partial charge in [-0.25, -0.2) is 0 Å². The van der Waals surface area contributed by atoms with Crippen LogP contribution < -0.4 is 0 Å². The fraction of sp³-hybridized carbons (Fsp3) is 0.0769. The van der Waals surface area contributed by atoms with Gasteiger partial charge in [-0.3, -0.25) is 0 Å². The minimum Gasteiger partial charge on any atom is -0.462 e. The van der Waals surface area contributed by atoms with Crippen LogP contribution in [0.3, 0.4) is 0 Å². The monoisotopic (exact) mass is 226 g/mol. The Balaban J connectivity index is 1.84. The van der Waals surface area contributed by atoms with Gasteiger partial charge in [0.15, 0.2) is 0 Å². The van der Waals surface area contributed by atoms with Gasteiger partial charge in [0.1, 0.15) is 30.9 Å². The molecule has 0 bridgehead atoms. The summed E-state index contributed by atoms with van der Waals surface area (Å²) < 4.78 is 5.06. The van der Waals surface area contributed by atoms with Crippen LogP contribution in [0.25, 0.3) is 0 Å². The summed E-state index contributed by atoms with van der Waals surface area (Å²) in [5, 5.41) is 12.3. The second-order valence-corrected chi connectivity index (χ2v) is 3.34. The molecule has 0 saturated heterocycles. The first-order chi connectivity index (χ1) is 8.38. The van der Waals surface area contributed by atoms with Crippen molar-refractivity contribution in [1.29, 1.82) is 5.26 Å². The summed E-state index contributed by atoms with van der Waals surface area (Å²) in [6.07, 6.45) is 2.81. The van der Waals surface area contributed by atoms with Crippen molar-refractivity contribution in [2.45, 2.75) is 6.61 Å². The minimum atomic E-state index is 0.406. The summed E-state index contributed by atoms with van der Waals surface area (Å²) >= 11 is 0. The Kier molecular flexibility index (Phi) is 3.56. The molecule has 0 atom stereocenters. The number of benzene rings is 1. The van der Waals surface area contributed by atoms with Crippen molar-refractivity contribution in [2.75, 3.05) is 0 Å². The van der Waals surface area contributed by atoms with Gasteiger partial charge in [0.05, 0.1) is 5.56 Å². The molecular weight excluding hydrogens is 216 g/mol. The highest BCUT2D eigenvalue weighted by molar-refractivity contribution is 5.75. The van der Waals surface area contributed by atoms with Crippen LogP contribution in [0.2, 0.25) is 0 Å². The fourth-order valence-corrected chi connectivity index (χ4v) is 1.25. The summed E-state index contributed by atoms with van der Waals surface area (Å²) in [6, 6.07) is 13.3. The lowest BCUT2D eigenvalue weighted by Gasteiger charge is -1.97. The molecule has 1 aromatic heterocycles. The molecule has 0 aliphatic carbocycles. The van der Waals surface area contributed by atoms with E-state index in [0.29, 0.717) is 17.9 Å². The van der Waals surface area contributed by atoms with Gasteiger partial charge in [0, 0.05) is 6.07 Å². The molecule has 0 fully saturated rings. The molecule has 1 heterocycles. The predicted molar refractivity (Wildman–Crippen MR) is 62.2 cm³/mol. The van der Waals surface area contributed by atoms with Crippen molar-refractivity contribution < 1.29 is 9.25 Å². The topological polar surface area (TPSA) is 58.5 Å². The second-order valence-electron chi connectivity index (χ2n) is 3.34. The third kappa shape index (κ3) is 3.21. The molecule has 4 nitrogen and oxygen atoms in total. The van der Waals surface area contributed by atoms with Gasteiger partial charge in [0.25, 0.3) is 0 Å². The van der Waals surface area contributed by atoms with Crippen molar-refractivity contribution in [1.82, 2.24) is 0 Å². The Morgan fingerprint density at radius 1 is 1.35 bits per heavy atom. The van der Waals surface area contributed by atoms with Crippen LogP contribution in [0, 0.1) is 11.3 Å². The smallest absolute Gasteiger partial charge is 0.149 e. The Hall–Kier alpha value is -2.54. The van der Waals surface area contributed by atoms with Gasteiger partial charge in [-0.2, -0.15) is 5.26 Å². The number of rotatable bonds is 4.